The number of nitrogens with zero attached hydrogens (tertiary/aromatic N) is 2. The SMILES string of the molecule is CC(C)NC(=O)Cn1cc2cc(C(C)C)ccc2n1. The largest absolute Gasteiger partial charge is 0.352 e. The zero-order chi connectivity index (χ0) is 14.0. The molecule has 0 aliphatic heterocycles. The summed E-state index contributed by atoms with van der Waals surface area (Å²) in [7, 11) is 0. The monoisotopic (exact) mass is 259 g/mol. The van der Waals surface area contributed by atoms with Crippen molar-refractivity contribution in [1.29, 1.82) is 0 Å². The lowest BCUT2D eigenvalue weighted by Crippen LogP contribution is -2.33. The third-order valence-corrected chi connectivity index (χ3v) is 3.00. The molecule has 0 atom stereocenters. The molecule has 1 N–H and O–H groups in total. The molecule has 0 saturated carbocycles. The number of carbonyl (C=O) groups is 1. The fourth-order valence-corrected chi connectivity index (χ4v) is 2.05. The lowest BCUT2D eigenvalue weighted by atomic mass is 10.0. The number of benzene rings is 1. The van der Waals surface area contributed by atoms with Gasteiger partial charge in [-0.2, -0.15) is 5.10 Å². The van der Waals surface area contributed by atoms with E-state index in [0.29, 0.717) is 5.92 Å². The third kappa shape index (κ3) is 3.34. The van der Waals surface area contributed by atoms with Gasteiger partial charge < -0.3 is 5.32 Å². The molecule has 0 aliphatic rings. The number of aromatic nitrogens is 2. The summed E-state index contributed by atoms with van der Waals surface area (Å²) in [5.41, 5.74) is 2.22. The fourth-order valence-electron chi connectivity index (χ4n) is 2.05. The molecule has 0 unspecified atom stereocenters. The second kappa shape index (κ2) is 5.43. The molecule has 1 amide bonds. The van der Waals surface area contributed by atoms with Gasteiger partial charge in [-0.25, -0.2) is 0 Å². The lowest BCUT2D eigenvalue weighted by molar-refractivity contribution is -0.122. The Hall–Kier alpha value is -1.84. The fraction of sp³-hybridized carbons (Fsp3) is 0.467. The van der Waals surface area contributed by atoms with E-state index in [-0.39, 0.29) is 18.5 Å². The van der Waals surface area contributed by atoms with E-state index in [0.717, 1.165) is 10.9 Å². The molecule has 2 rings (SSSR count). The molecule has 0 aliphatic carbocycles. The Balaban J connectivity index is 2.19. The number of amides is 1. The molecule has 0 saturated heterocycles. The van der Waals surface area contributed by atoms with E-state index in [1.54, 1.807) is 4.68 Å². The van der Waals surface area contributed by atoms with Crippen LogP contribution in [0.1, 0.15) is 39.2 Å². The molecular weight excluding hydrogens is 238 g/mol. The van der Waals surface area contributed by atoms with Gasteiger partial charge in [0.25, 0.3) is 0 Å². The third-order valence-electron chi connectivity index (χ3n) is 3.00. The van der Waals surface area contributed by atoms with Crippen LogP contribution in [0.4, 0.5) is 0 Å². The van der Waals surface area contributed by atoms with Gasteiger partial charge in [0.05, 0.1) is 5.52 Å². The Morgan fingerprint density at radius 3 is 2.68 bits per heavy atom. The maximum atomic E-state index is 11.7. The van der Waals surface area contributed by atoms with Crippen LogP contribution in [0.3, 0.4) is 0 Å². The molecule has 4 heteroatoms. The quantitative estimate of drug-likeness (QED) is 0.917. The molecule has 1 aromatic carbocycles. The summed E-state index contributed by atoms with van der Waals surface area (Å²) in [5.74, 6) is 0.490. The van der Waals surface area contributed by atoms with Crippen molar-refractivity contribution in [2.45, 2.75) is 46.2 Å². The summed E-state index contributed by atoms with van der Waals surface area (Å²) in [6.07, 6.45) is 1.93. The van der Waals surface area contributed by atoms with Gasteiger partial charge >= 0.3 is 0 Å². The van der Waals surface area contributed by atoms with Crippen LogP contribution < -0.4 is 5.32 Å². The van der Waals surface area contributed by atoms with Crippen LogP contribution in [-0.2, 0) is 11.3 Å². The highest BCUT2D eigenvalue weighted by atomic mass is 16.2. The highest BCUT2D eigenvalue weighted by Crippen LogP contribution is 2.20. The number of rotatable bonds is 4. The maximum absolute atomic E-state index is 11.7. The first-order valence-corrected chi connectivity index (χ1v) is 6.72. The van der Waals surface area contributed by atoms with Crippen LogP contribution in [0.5, 0.6) is 0 Å². The zero-order valence-electron chi connectivity index (χ0n) is 12.0. The van der Waals surface area contributed by atoms with Crippen molar-refractivity contribution < 1.29 is 4.79 Å². The predicted octanol–water partition coefficient (Wildman–Crippen LogP) is 2.68. The van der Waals surface area contributed by atoms with Crippen LogP contribution >= 0.6 is 0 Å². The summed E-state index contributed by atoms with van der Waals surface area (Å²) in [6.45, 7) is 8.51. The molecule has 1 aromatic heterocycles. The molecular formula is C15H21N3O. The Morgan fingerprint density at radius 2 is 2.05 bits per heavy atom. The van der Waals surface area contributed by atoms with Crippen molar-refractivity contribution in [1.82, 2.24) is 15.1 Å². The van der Waals surface area contributed by atoms with Crippen molar-refractivity contribution in [3.63, 3.8) is 0 Å². The van der Waals surface area contributed by atoms with E-state index >= 15 is 0 Å². The molecule has 19 heavy (non-hydrogen) atoms. The Labute approximate surface area is 113 Å². The minimum absolute atomic E-state index is 0.00751. The molecule has 0 fully saturated rings. The standard InChI is InChI=1S/C15H21N3O/c1-10(2)12-5-6-14-13(7-12)8-18(17-14)9-15(19)16-11(3)4/h5-8,10-11H,9H2,1-4H3,(H,16,19). The minimum Gasteiger partial charge on any atom is -0.352 e. The second-order valence-corrected chi connectivity index (χ2v) is 5.52. The second-order valence-electron chi connectivity index (χ2n) is 5.52. The van der Waals surface area contributed by atoms with Gasteiger partial charge in [-0.3, -0.25) is 9.48 Å². The van der Waals surface area contributed by atoms with Crippen LogP contribution in [-0.4, -0.2) is 21.7 Å². The number of fused-ring (bicyclic) bond motifs is 1. The summed E-state index contributed by atoms with van der Waals surface area (Å²) in [4.78, 5) is 11.7. The minimum atomic E-state index is -0.00751. The normalized spacial score (nSPS) is 11.5. The van der Waals surface area contributed by atoms with Gasteiger partial charge in [-0.1, -0.05) is 19.9 Å². The molecule has 4 nitrogen and oxygen atoms in total. The van der Waals surface area contributed by atoms with E-state index < -0.39 is 0 Å². The van der Waals surface area contributed by atoms with Crippen LogP contribution in [0.15, 0.2) is 24.4 Å². The number of hydrogen-bond acceptors (Lipinski definition) is 2. The van der Waals surface area contributed by atoms with Gasteiger partial charge in [0.2, 0.25) is 5.91 Å². The van der Waals surface area contributed by atoms with Crippen molar-refractivity contribution in [2.75, 3.05) is 0 Å². The predicted molar refractivity (Wildman–Crippen MR) is 77.1 cm³/mol. The van der Waals surface area contributed by atoms with E-state index in [1.165, 1.54) is 5.56 Å². The topological polar surface area (TPSA) is 46.9 Å². The van der Waals surface area contributed by atoms with E-state index in [1.807, 2.05) is 26.1 Å². The van der Waals surface area contributed by atoms with Gasteiger partial charge in [-0.15, -0.1) is 0 Å². The summed E-state index contributed by atoms with van der Waals surface area (Å²) in [6, 6.07) is 6.41. The summed E-state index contributed by atoms with van der Waals surface area (Å²) >= 11 is 0. The zero-order valence-corrected chi connectivity index (χ0v) is 12.0. The number of hydrogen-bond donors (Lipinski definition) is 1. The highest BCUT2D eigenvalue weighted by molar-refractivity contribution is 5.80. The van der Waals surface area contributed by atoms with E-state index in [4.69, 9.17) is 0 Å². The summed E-state index contributed by atoms with van der Waals surface area (Å²) < 4.78 is 1.70. The Morgan fingerprint density at radius 1 is 1.32 bits per heavy atom. The van der Waals surface area contributed by atoms with Gasteiger partial charge in [0.15, 0.2) is 0 Å². The smallest absolute Gasteiger partial charge is 0.241 e. The first-order valence-electron chi connectivity index (χ1n) is 6.72. The first kappa shape index (κ1) is 13.6. The van der Waals surface area contributed by atoms with Crippen molar-refractivity contribution in [2.24, 2.45) is 0 Å². The van der Waals surface area contributed by atoms with Gasteiger partial charge in [0.1, 0.15) is 6.54 Å². The first-order chi connectivity index (χ1) is 8.95. The van der Waals surface area contributed by atoms with Crippen molar-refractivity contribution in [3.05, 3.63) is 30.0 Å². The molecule has 2 aromatic rings. The van der Waals surface area contributed by atoms with Crippen LogP contribution in [0.25, 0.3) is 10.9 Å². The molecule has 0 radical (unpaired) electrons. The van der Waals surface area contributed by atoms with Crippen LogP contribution in [0, 0.1) is 0 Å². The Kier molecular flexibility index (Phi) is 3.88. The van der Waals surface area contributed by atoms with Gasteiger partial charge in [0, 0.05) is 17.6 Å². The highest BCUT2D eigenvalue weighted by Gasteiger charge is 2.08. The van der Waals surface area contributed by atoms with E-state index in [9.17, 15) is 4.79 Å². The summed E-state index contributed by atoms with van der Waals surface area (Å²) in [5, 5.41) is 8.37. The molecule has 0 bridgehead atoms. The molecule has 0 spiro atoms. The lowest BCUT2D eigenvalue weighted by Gasteiger charge is -2.07. The molecule has 102 valence electrons. The van der Waals surface area contributed by atoms with Crippen molar-refractivity contribution >= 4 is 16.8 Å². The maximum Gasteiger partial charge on any atom is 0.241 e. The van der Waals surface area contributed by atoms with Crippen molar-refractivity contribution in [3.8, 4) is 0 Å². The van der Waals surface area contributed by atoms with E-state index in [2.05, 4.69) is 36.4 Å². The average Bonchev–Trinajstić information content (AvgIpc) is 2.68. The number of nitrogens with one attached hydrogen (secondary N) is 1. The Bertz CT molecular complexity index is 584. The molecule has 1 heterocycles. The average molecular weight is 259 g/mol. The number of carbonyl (C=O) groups excluding carboxylic acids is 1. The van der Waals surface area contributed by atoms with Crippen LogP contribution in [0.2, 0.25) is 0 Å². The van der Waals surface area contributed by atoms with Gasteiger partial charge in [-0.05, 0) is 37.5 Å².